The van der Waals surface area contributed by atoms with Crippen molar-refractivity contribution < 1.29 is 0 Å². The minimum absolute atomic E-state index is 0.792. The topological polar surface area (TPSA) is 0 Å². The van der Waals surface area contributed by atoms with Gasteiger partial charge in [-0.2, -0.15) is 0 Å². The molecule has 0 aromatic heterocycles. The lowest BCUT2D eigenvalue weighted by Gasteiger charge is -2.04. The molecule has 0 unspecified atom stereocenters. The molecule has 1 aromatic rings. The van der Waals surface area contributed by atoms with Crippen LogP contribution < -0.4 is 0 Å². The van der Waals surface area contributed by atoms with Gasteiger partial charge in [0, 0.05) is 0 Å². The molecule has 0 spiro atoms. The van der Waals surface area contributed by atoms with Gasteiger partial charge in [-0.15, -0.1) is 0 Å². The van der Waals surface area contributed by atoms with Gasteiger partial charge in [0.2, 0.25) is 0 Å². The van der Waals surface area contributed by atoms with Gasteiger partial charge in [-0.3, -0.25) is 0 Å². The van der Waals surface area contributed by atoms with Crippen LogP contribution in [0.25, 0.3) is 5.57 Å². The van der Waals surface area contributed by atoms with Gasteiger partial charge >= 0.3 is 0 Å². The number of benzene rings is 1. The van der Waals surface area contributed by atoms with E-state index in [4.69, 9.17) is 0 Å². The molecule has 66 valence electrons. The SMILES string of the molecule is C=CC=C(c1ccccc1)C1CC1. The molecular formula is C13H14. The lowest BCUT2D eigenvalue weighted by Crippen LogP contribution is -1.85. The van der Waals surface area contributed by atoms with Crippen molar-refractivity contribution in [1.82, 2.24) is 0 Å². The zero-order chi connectivity index (χ0) is 9.10. The summed E-state index contributed by atoms with van der Waals surface area (Å²) in [5, 5.41) is 0. The molecule has 13 heavy (non-hydrogen) atoms. The number of hydrogen-bond acceptors (Lipinski definition) is 0. The van der Waals surface area contributed by atoms with Crippen molar-refractivity contribution >= 4 is 5.57 Å². The normalized spacial score (nSPS) is 17.1. The van der Waals surface area contributed by atoms with Crippen LogP contribution in [0.5, 0.6) is 0 Å². The minimum atomic E-state index is 0.792. The molecule has 1 aliphatic rings. The number of hydrogen-bond donors (Lipinski definition) is 0. The summed E-state index contributed by atoms with van der Waals surface area (Å²) in [6.45, 7) is 3.76. The molecule has 0 heterocycles. The Bertz CT molecular complexity index is 315. The van der Waals surface area contributed by atoms with Crippen molar-refractivity contribution in [2.45, 2.75) is 12.8 Å². The first kappa shape index (κ1) is 8.31. The summed E-state index contributed by atoms with van der Waals surface area (Å²) >= 11 is 0. The van der Waals surface area contributed by atoms with E-state index < -0.39 is 0 Å². The van der Waals surface area contributed by atoms with Gasteiger partial charge in [0.25, 0.3) is 0 Å². The van der Waals surface area contributed by atoms with Crippen LogP contribution in [0.3, 0.4) is 0 Å². The number of allylic oxidation sites excluding steroid dienone is 3. The van der Waals surface area contributed by atoms with Gasteiger partial charge in [-0.25, -0.2) is 0 Å². The lowest BCUT2D eigenvalue weighted by molar-refractivity contribution is 1.15. The Hall–Kier alpha value is -1.30. The quantitative estimate of drug-likeness (QED) is 0.607. The second-order valence-corrected chi connectivity index (χ2v) is 3.50. The summed E-state index contributed by atoms with van der Waals surface area (Å²) in [7, 11) is 0. The Kier molecular flexibility index (Phi) is 2.31. The number of rotatable bonds is 3. The summed E-state index contributed by atoms with van der Waals surface area (Å²) in [5.41, 5.74) is 2.81. The fourth-order valence-electron chi connectivity index (χ4n) is 1.62. The third-order valence-corrected chi connectivity index (χ3v) is 2.42. The van der Waals surface area contributed by atoms with Crippen LogP contribution in [0.4, 0.5) is 0 Å². The lowest BCUT2D eigenvalue weighted by atomic mass is 10.0. The van der Waals surface area contributed by atoms with Crippen LogP contribution in [0.2, 0.25) is 0 Å². The largest absolute Gasteiger partial charge is 0.0991 e. The molecule has 0 nitrogen and oxygen atoms in total. The van der Waals surface area contributed by atoms with Gasteiger partial charge in [-0.05, 0) is 29.9 Å². The molecule has 1 saturated carbocycles. The van der Waals surface area contributed by atoms with Crippen molar-refractivity contribution in [2.24, 2.45) is 5.92 Å². The van der Waals surface area contributed by atoms with E-state index in [2.05, 4.69) is 43.0 Å². The van der Waals surface area contributed by atoms with Crippen molar-refractivity contribution in [3.8, 4) is 0 Å². The van der Waals surface area contributed by atoms with E-state index in [-0.39, 0.29) is 0 Å². The van der Waals surface area contributed by atoms with E-state index in [1.54, 1.807) is 0 Å². The third kappa shape index (κ3) is 1.89. The highest BCUT2D eigenvalue weighted by molar-refractivity contribution is 5.70. The van der Waals surface area contributed by atoms with Crippen LogP contribution in [-0.2, 0) is 0 Å². The van der Waals surface area contributed by atoms with Crippen molar-refractivity contribution in [1.29, 1.82) is 0 Å². The van der Waals surface area contributed by atoms with Crippen LogP contribution in [0.15, 0.2) is 49.1 Å². The summed E-state index contributed by atoms with van der Waals surface area (Å²) < 4.78 is 0. The van der Waals surface area contributed by atoms with E-state index in [0.29, 0.717) is 0 Å². The Morgan fingerprint density at radius 1 is 1.23 bits per heavy atom. The maximum absolute atomic E-state index is 3.76. The predicted molar refractivity (Wildman–Crippen MR) is 57.3 cm³/mol. The molecule has 1 aliphatic carbocycles. The Balaban J connectivity index is 2.30. The van der Waals surface area contributed by atoms with Crippen molar-refractivity contribution in [3.05, 3.63) is 54.6 Å². The van der Waals surface area contributed by atoms with E-state index in [9.17, 15) is 0 Å². The minimum Gasteiger partial charge on any atom is -0.0991 e. The molecule has 2 rings (SSSR count). The molecule has 0 N–H and O–H groups in total. The molecule has 0 heteroatoms. The highest BCUT2D eigenvalue weighted by Gasteiger charge is 2.25. The van der Waals surface area contributed by atoms with Gasteiger partial charge in [0.15, 0.2) is 0 Å². The molecule has 0 atom stereocenters. The molecular weight excluding hydrogens is 156 g/mol. The van der Waals surface area contributed by atoms with E-state index in [1.165, 1.54) is 24.0 Å². The Labute approximate surface area is 79.6 Å². The van der Waals surface area contributed by atoms with Gasteiger partial charge < -0.3 is 0 Å². The van der Waals surface area contributed by atoms with E-state index in [1.807, 2.05) is 6.08 Å². The second kappa shape index (κ2) is 3.61. The first-order chi connectivity index (χ1) is 6.42. The fourth-order valence-corrected chi connectivity index (χ4v) is 1.62. The average molecular weight is 170 g/mol. The molecule has 0 amide bonds. The zero-order valence-corrected chi connectivity index (χ0v) is 7.74. The monoisotopic (exact) mass is 170 g/mol. The zero-order valence-electron chi connectivity index (χ0n) is 7.74. The van der Waals surface area contributed by atoms with Crippen LogP contribution in [0, 0.1) is 5.92 Å². The van der Waals surface area contributed by atoms with E-state index >= 15 is 0 Å². The molecule has 0 saturated heterocycles. The Morgan fingerprint density at radius 2 is 1.92 bits per heavy atom. The fraction of sp³-hybridized carbons (Fsp3) is 0.231. The molecule has 0 bridgehead atoms. The summed E-state index contributed by atoms with van der Waals surface area (Å²) in [6.07, 6.45) is 6.72. The van der Waals surface area contributed by atoms with Gasteiger partial charge in [0.05, 0.1) is 0 Å². The standard InChI is InChI=1S/C13H14/c1-2-6-13(12-9-10-12)11-7-4-3-5-8-11/h2-8,12H,1,9-10H2. The highest BCUT2D eigenvalue weighted by Crippen LogP contribution is 2.41. The summed E-state index contributed by atoms with van der Waals surface area (Å²) in [6, 6.07) is 10.6. The highest BCUT2D eigenvalue weighted by atomic mass is 14.3. The van der Waals surface area contributed by atoms with Gasteiger partial charge in [0.1, 0.15) is 0 Å². The first-order valence-corrected chi connectivity index (χ1v) is 4.80. The first-order valence-electron chi connectivity index (χ1n) is 4.80. The average Bonchev–Trinajstić information content (AvgIpc) is 2.99. The second-order valence-electron chi connectivity index (χ2n) is 3.50. The van der Waals surface area contributed by atoms with Crippen LogP contribution >= 0.6 is 0 Å². The maximum Gasteiger partial charge on any atom is -0.0156 e. The molecule has 0 aliphatic heterocycles. The van der Waals surface area contributed by atoms with Crippen LogP contribution in [0.1, 0.15) is 18.4 Å². The summed E-state index contributed by atoms with van der Waals surface area (Å²) in [4.78, 5) is 0. The molecule has 0 radical (unpaired) electrons. The van der Waals surface area contributed by atoms with Crippen LogP contribution in [-0.4, -0.2) is 0 Å². The third-order valence-electron chi connectivity index (χ3n) is 2.42. The van der Waals surface area contributed by atoms with Crippen molar-refractivity contribution in [2.75, 3.05) is 0 Å². The molecule has 1 aromatic carbocycles. The Morgan fingerprint density at radius 3 is 2.46 bits per heavy atom. The predicted octanol–water partition coefficient (Wildman–Crippen LogP) is 3.67. The van der Waals surface area contributed by atoms with Crippen molar-refractivity contribution in [3.63, 3.8) is 0 Å². The smallest absolute Gasteiger partial charge is 0.0156 e. The summed E-state index contributed by atoms with van der Waals surface area (Å²) in [5.74, 6) is 0.792. The maximum atomic E-state index is 3.76. The molecule has 1 fully saturated rings. The van der Waals surface area contributed by atoms with E-state index in [0.717, 1.165) is 5.92 Å². The van der Waals surface area contributed by atoms with Gasteiger partial charge in [-0.1, -0.05) is 49.1 Å².